The SMILES string of the molecule is CC1(C)Oc2cc(NC(=O)[C@H]3CC=CC[C@H]3C(=O)O)ccc2NC1=O. The minimum absolute atomic E-state index is 0.241. The minimum Gasteiger partial charge on any atom is -0.481 e. The second kappa shape index (κ2) is 6.23. The van der Waals surface area contributed by atoms with Gasteiger partial charge in [-0.3, -0.25) is 14.4 Å². The van der Waals surface area contributed by atoms with Gasteiger partial charge in [0.05, 0.1) is 17.5 Å². The fourth-order valence-electron chi connectivity index (χ4n) is 2.99. The molecule has 1 aliphatic heterocycles. The number of allylic oxidation sites excluding steroid dienone is 2. The molecule has 0 saturated carbocycles. The number of fused-ring (bicyclic) bond motifs is 1. The molecule has 1 aromatic rings. The van der Waals surface area contributed by atoms with E-state index in [1.807, 2.05) is 6.08 Å². The maximum atomic E-state index is 12.5. The Bertz CT molecular complexity index is 769. The average molecular weight is 344 g/mol. The van der Waals surface area contributed by atoms with Crippen molar-refractivity contribution in [2.45, 2.75) is 32.3 Å². The van der Waals surface area contributed by atoms with Crippen LogP contribution in [0.5, 0.6) is 5.75 Å². The predicted molar refractivity (Wildman–Crippen MR) is 91.4 cm³/mol. The highest BCUT2D eigenvalue weighted by molar-refractivity contribution is 6.01. The Morgan fingerprint density at radius 1 is 1.24 bits per heavy atom. The molecule has 25 heavy (non-hydrogen) atoms. The van der Waals surface area contributed by atoms with Gasteiger partial charge in [-0.2, -0.15) is 0 Å². The summed E-state index contributed by atoms with van der Waals surface area (Å²) in [6.07, 6.45) is 4.37. The fraction of sp³-hybridized carbons (Fsp3) is 0.389. The highest BCUT2D eigenvalue weighted by atomic mass is 16.5. The number of carboxylic acids is 1. The number of nitrogens with one attached hydrogen (secondary N) is 2. The van der Waals surface area contributed by atoms with Gasteiger partial charge in [-0.15, -0.1) is 0 Å². The number of ether oxygens (including phenoxy) is 1. The van der Waals surface area contributed by atoms with Gasteiger partial charge in [0.25, 0.3) is 5.91 Å². The van der Waals surface area contributed by atoms with E-state index in [0.717, 1.165) is 0 Å². The number of hydrogen-bond donors (Lipinski definition) is 3. The van der Waals surface area contributed by atoms with Crippen LogP contribution in [0.15, 0.2) is 30.4 Å². The Balaban J connectivity index is 1.78. The zero-order chi connectivity index (χ0) is 18.2. The molecule has 0 aromatic heterocycles. The molecule has 1 heterocycles. The lowest BCUT2D eigenvalue weighted by Gasteiger charge is -2.32. The van der Waals surface area contributed by atoms with Gasteiger partial charge in [-0.1, -0.05) is 12.2 Å². The van der Waals surface area contributed by atoms with E-state index in [1.165, 1.54) is 0 Å². The molecule has 1 aliphatic carbocycles. The van der Waals surface area contributed by atoms with Gasteiger partial charge in [0.2, 0.25) is 5.91 Å². The molecule has 2 aliphatic rings. The lowest BCUT2D eigenvalue weighted by atomic mass is 9.82. The average Bonchev–Trinajstić information content (AvgIpc) is 2.55. The molecule has 0 spiro atoms. The van der Waals surface area contributed by atoms with Gasteiger partial charge in [0.1, 0.15) is 5.75 Å². The first-order valence-corrected chi connectivity index (χ1v) is 8.11. The molecular weight excluding hydrogens is 324 g/mol. The van der Waals surface area contributed by atoms with Crippen LogP contribution in [0, 0.1) is 11.8 Å². The zero-order valence-electron chi connectivity index (χ0n) is 14.0. The predicted octanol–water partition coefficient (Wildman–Crippen LogP) is 2.40. The smallest absolute Gasteiger partial charge is 0.307 e. The number of hydrogen-bond acceptors (Lipinski definition) is 4. The summed E-state index contributed by atoms with van der Waals surface area (Å²) in [6, 6.07) is 4.92. The Morgan fingerprint density at radius 3 is 2.60 bits per heavy atom. The van der Waals surface area contributed by atoms with Crippen LogP contribution in [0.2, 0.25) is 0 Å². The van der Waals surface area contributed by atoms with Crippen LogP contribution in [-0.2, 0) is 14.4 Å². The van der Waals surface area contributed by atoms with Crippen LogP contribution in [-0.4, -0.2) is 28.5 Å². The number of carbonyl (C=O) groups excluding carboxylic acids is 2. The van der Waals surface area contributed by atoms with E-state index in [0.29, 0.717) is 30.0 Å². The van der Waals surface area contributed by atoms with Crippen LogP contribution in [0.4, 0.5) is 11.4 Å². The Kier molecular flexibility index (Phi) is 4.24. The van der Waals surface area contributed by atoms with Crippen molar-refractivity contribution in [2.75, 3.05) is 10.6 Å². The van der Waals surface area contributed by atoms with Gasteiger partial charge in [0, 0.05) is 11.8 Å². The zero-order valence-corrected chi connectivity index (χ0v) is 14.0. The number of aliphatic carboxylic acids is 1. The second-order valence-corrected chi connectivity index (χ2v) is 6.76. The maximum absolute atomic E-state index is 12.5. The first-order chi connectivity index (χ1) is 11.8. The van der Waals surface area contributed by atoms with E-state index in [9.17, 15) is 19.5 Å². The van der Waals surface area contributed by atoms with E-state index in [2.05, 4.69) is 10.6 Å². The summed E-state index contributed by atoms with van der Waals surface area (Å²) in [4.78, 5) is 35.7. The summed E-state index contributed by atoms with van der Waals surface area (Å²) < 4.78 is 5.69. The minimum atomic E-state index is -1.00. The molecule has 2 amide bonds. The van der Waals surface area contributed by atoms with Crippen molar-refractivity contribution < 1.29 is 24.2 Å². The largest absolute Gasteiger partial charge is 0.481 e. The molecular formula is C18H20N2O5. The number of benzene rings is 1. The molecule has 0 unspecified atom stereocenters. The van der Waals surface area contributed by atoms with Crippen LogP contribution < -0.4 is 15.4 Å². The summed E-state index contributed by atoms with van der Waals surface area (Å²) >= 11 is 0. The number of anilines is 2. The number of amides is 2. The third kappa shape index (κ3) is 3.35. The normalized spacial score (nSPS) is 23.8. The van der Waals surface area contributed by atoms with Crippen molar-refractivity contribution in [1.29, 1.82) is 0 Å². The van der Waals surface area contributed by atoms with Crippen molar-refractivity contribution in [3.8, 4) is 5.75 Å². The molecule has 2 atom stereocenters. The Labute approximate surface area is 145 Å². The standard InChI is InChI=1S/C18H20N2O5/c1-18(2)17(24)20-13-8-7-10(9-14(13)25-18)19-15(21)11-5-3-4-6-12(11)16(22)23/h3-4,7-9,11-12H,5-6H2,1-2H3,(H,19,21)(H,20,24)(H,22,23)/t11-,12+/m0/s1. The molecule has 0 bridgehead atoms. The molecule has 3 N–H and O–H groups in total. The number of carboxylic acid groups (broad SMARTS) is 1. The van der Waals surface area contributed by atoms with Crippen molar-refractivity contribution in [3.63, 3.8) is 0 Å². The second-order valence-electron chi connectivity index (χ2n) is 6.76. The Morgan fingerprint density at radius 2 is 1.92 bits per heavy atom. The molecule has 0 radical (unpaired) electrons. The molecule has 0 saturated heterocycles. The lowest BCUT2D eigenvalue weighted by molar-refractivity contribution is -0.146. The number of carbonyl (C=O) groups is 3. The van der Waals surface area contributed by atoms with Gasteiger partial charge in [0.15, 0.2) is 5.60 Å². The van der Waals surface area contributed by atoms with Crippen LogP contribution in [0.25, 0.3) is 0 Å². The van der Waals surface area contributed by atoms with E-state index < -0.39 is 23.4 Å². The van der Waals surface area contributed by atoms with Crippen molar-refractivity contribution in [1.82, 2.24) is 0 Å². The van der Waals surface area contributed by atoms with Crippen molar-refractivity contribution in [2.24, 2.45) is 11.8 Å². The summed E-state index contributed by atoms with van der Waals surface area (Å²) in [5.41, 5.74) is 0.0267. The third-order valence-corrected chi connectivity index (χ3v) is 4.50. The molecule has 0 fully saturated rings. The van der Waals surface area contributed by atoms with Crippen molar-refractivity contribution in [3.05, 3.63) is 30.4 Å². The summed E-state index contributed by atoms with van der Waals surface area (Å²) in [5, 5.41) is 14.8. The topological polar surface area (TPSA) is 105 Å². The summed E-state index contributed by atoms with van der Waals surface area (Å²) in [6.45, 7) is 3.31. The summed E-state index contributed by atoms with van der Waals surface area (Å²) in [5.74, 6) is -2.43. The quantitative estimate of drug-likeness (QED) is 0.730. The maximum Gasteiger partial charge on any atom is 0.307 e. The molecule has 1 aromatic carbocycles. The lowest BCUT2D eigenvalue weighted by Crippen LogP contribution is -2.45. The van der Waals surface area contributed by atoms with Crippen LogP contribution in [0.3, 0.4) is 0 Å². The van der Waals surface area contributed by atoms with Gasteiger partial charge in [-0.05, 0) is 38.8 Å². The molecule has 132 valence electrons. The monoisotopic (exact) mass is 344 g/mol. The van der Waals surface area contributed by atoms with Gasteiger partial charge in [-0.25, -0.2) is 0 Å². The van der Waals surface area contributed by atoms with Gasteiger partial charge < -0.3 is 20.5 Å². The highest BCUT2D eigenvalue weighted by Gasteiger charge is 2.36. The van der Waals surface area contributed by atoms with E-state index in [1.54, 1.807) is 38.1 Å². The van der Waals surface area contributed by atoms with Gasteiger partial charge >= 0.3 is 5.97 Å². The molecule has 3 rings (SSSR count). The van der Waals surface area contributed by atoms with E-state index in [-0.39, 0.29) is 11.8 Å². The first kappa shape index (κ1) is 17.0. The van der Waals surface area contributed by atoms with Crippen LogP contribution in [0.1, 0.15) is 26.7 Å². The molecule has 7 heteroatoms. The van der Waals surface area contributed by atoms with Crippen LogP contribution >= 0.6 is 0 Å². The number of rotatable bonds is 3. The van der Waals surface area contributed by atoms with Crippen molar-refractivity contribution >= 4 is 29.2 Å². The molecule has 7 nitrogen and oxygen atoms in total. The highest BCUT2D eigenvalue weighted by Crippen LogP contribution is 2.36. The van der Waals surface area contributed by atoms with E-state index >= 15 is 0 Å². The third-order valence-electron chi connectivity index (χ3n) is 4.50. The van der Waals surface area contributed by atoms with E-state index in [4.69, 9.17) is 4.74 Å². The Hall–Kier alpha value is -2.83. The summed E-state index contributed by atoms with van der Waals surface area (Å²) in [7, 11) is 0. The fourth-order valence-corrected chi connectivity index (χ4v) is 2.99. The first-order valence-electron chi connectivity index (χ1n) is 8.11.